The van der Waals surface area contributed by atoms with Crippen molar-refractivity contribution in [3.05, 3.63) is 51.5 Å². The SMILES string of the molecule is CC(N)c1nc(C(=O)NCc2cccc(C(N)=O)c2)cs1. The van der Waals surface area contributed by atoms with Gasteiger partial charge < -0.3 is 16.8 Å². The van der Waals surface area contributed by atoms with E-state index < -0.39 is 5.91 Å². The van der Waals surface area contributed by atoms with Gasteiger partial charge >= 0.3 is 0 Å². The van der Waals surface area contributed by atoms with Crippen LogP contribution < -0.4 is 16.8 Å². The molecule has 1 atom stereocenters. The van der Waals surface area contributed by atoms with Crippen LogP contribution in [0.5, 0.6) is 0 Å². The molecule has 0 spiro atoms. The summed E-state index contributed by atoms with van der Waals surface area (Å²) in [6, 6.07) is 6.61. The first-order chi connectivity index (χ1) is 9.97. The third kappa shape index (κ3) is 3.87. The molecule has 0 saturated heterocycles. The fraction of sp³-hybridized carbons (Fsp3) is 0.214. The third-order valence-electron chi connectivity index (χ3n) is 2.81. The molecule has 7 heteroatoms. The quantitative estimate of drug-likeness (QED) is 0.770. The molecule has 21 heavy (non-hydrogen) atoms. The molecule has 6 nitrogen and oxygen atoms in total. The molecule has 0 saturated carbocycles. The molecule has 1 aromatic carbocycles. The highest BCUT2D eigenvalue weighted by Gasteiger charge is 2.12. The summed E-state index contributed by atoms with van der Waals surface area (Å²) < 4.78 is 0. The Balaban J connectivity index is 2.00. The van der Waals surface area contributed by atoms with Gasteiger partial charge in [0.15, 0.2) is 0 Å². The van der Waals surface area contributed by atoms with Gasteiger partial charge in [0.2, 0.25) is 5.91 Å². The minimum Gasteiger partial charge on any atom is -0.366 e. The lowest BCUT2D eigenvalue weighted by molar-refractivity contribution is 0.0946. The number of rotatable bonds is 5. The Hall–Kier alpha value is -2.25. The van der Waals surface area contributed by atoms with Gasteiger partial charge in [-0.3, -0.25) is 9.59 Å². The summed E-state index contributed by atoms with van der Waals surface area (Å²) in [7, 11) is 0. The van der Waals surface area contributed by atoms with Crippen LogP contribution in [0.2, 0.25) is 0 Å². The van der Waals surface area contributed by atoms with Crippen molar-refractivity contribution in [2.24, 2.45) is 11.5 Å². The van der Waals surface area contributed by atoms with E-state index in [-0.39, 0.29) is 11.9 Å². The second kappa shape index (κ2) is 6.47. The number of carbonyl (C=O) groups excluding carboxylic acids is 2. The van der Waals surface area contributed by atoms with Gasteiger partial charge in [-0.05, 0) is 24.6 Å². The van der Waals surface area contributed by atoms with Crippen LogP contribution in [0.25, 0.3) is 0 Å². The molecule has 5 N–H and O–H groups in total. The number of carbonyl (C=O) groups is 2. The number of thiazole rings is 1. The average Bonchev–Trinajstić information content (AvgIpc) is 2.95. The predicted molar refractivity (Wildman–Crippen MR) is 80.8 cm³/mol. The number of amides is 2. The highest BCUT2D eigenvalue weighted by atomic mass is 32.1. The first-order valence-corrected chi connectivity index (χ1v) is 7.23. The fourth-order valence-corrected chi connectivity index (χ4v) is 2.47. The van der Waals surface area contributed by atoms with Crippen molar-refractivity contribution < 1.29 is 9.59 Å². The zero-order valence-corrected chi connectivity index (χ0v) is 12.3. The summed E-state index contributed by atoms with van der Waals surface area (Å²) >= 11 is 1.36. The van der Waals surface area contributed by atoms with Crippen molar-refractivity contribution in [2.45, 2.75) is 19.5 Å². The summed E-state index contributed by atoms with van der Waals surface area (Å²) in [5, 5.41) is 5.14. The van der Waals surface area contributed by atoms with E-state index >= 15 is 0 Å². The Morgan fingerprint density at radius 2 is 2.19 bits per heavy atom. The van der Waals surface area contributed by atoms with E-state index in [0.717, 1.165) is 10.6 Å². The Morgan fingerprint density at radius 3 is 2.81 bits per heavy atom. The zero-order chi connectivity index (χ0) is 15.4. The van der Waals surface area contributed by atoms with E-state index in [1.54, 1.807) is 29.6 Å². The van der Waals surface area contributed by atoms with Gasteiger partial charge in [0, 0.05) is 17.5 Å². The van der Waals surface area contributed by atoms with E-state index in [2.05, 4.69) is 10.3 Å². The van der Waals surface area contributed by atoms with Gasteiger partial charge in [0.1, 0.15) is 10.7 Å². The molecule has 0 aliphatic rings. The van der Waals surface area contributed by atoms with Crippen molar-refractivity contribution in [2.75, 3.05) is 0 Å². The molecular formula is C14H16N4O2S. The molecule has 1 aromatic heterocycles. The Morgan fingerprint density at radius 1 is 1.43 bits per heavy atom. The molecule has 2 rings (SSSR count). The molecule has 2 amide bonds. The molecule has 0 aliphatic heterocycles. The van der Waals surface area contributed by atoms with Gasteiger partial charge in [0.25, 0.3) is 5.91 Å². The first-order valence-electron chi connectivity index (χ1n) is 6.35. The van der Waals surface area contributed by atoms with Crippen LogP contribution in [0.4, 0.5) is 0 Å². The topological polar surface area (TPSA) is 111 Å². The monoisotopic (exact) mass is 304 g/mol. The zero-order valence-electron chi connectivity index (χ0n) is 11.5. The smallest absolute Gasteiger partial charge is 0.271 e. The first kappa shape index (κ1) is 15.1. The molecule has 1 unspecified atom stereocenters. The van der Waals surface area contributed by atoms with Crippen LogP contribution in [0.3, 0.4) is 0 Å². The van der Waals surface area contributed by atoms with E-state index in [9.17, 15) is 9.59 Å². The van der Waals surface area contributed by atoms with Crippen molar-refractivity contribution >= 4 is 23.2 Å². The number of nitrogens with two attached hydrogens (primary N) is 2. The maximum atomic E-state index is 12.0. The number of benzene rings is 1. The standard InChI is InChI=1S/C14H16N4O2S/c1-8(15)14-18-11(7-21-14)13(20)17-6-9-3-2-4-10(5-9)12(16)19/h2-5,7-8H,6,15H2,1H3,(H2,16,19)(H,17,20). The summed E-state index contributed by atoms with van der Waals surface area (Å²) in [4.78, 5) is 27.2. The molecule has 0 aliphatic carbocycles. The lowest BCUT2D eigenvalue weighted by atomic mass is 10.1. The number of nitrogens with zero attached hydrogens (tertiary/aromatic N) is 1. The van der Waals surface area contributed by atoms with E-state index in [0.29, 0.717) is 17.8 Å². The summed E-state index contributed by atoms with van der Waals surface area (Å²) in [5.41, 5.74) is 12.5. The second-order valence-electron chi connectivity index (χ2n) is 4.61. The molecule has 1 heterocycles. The number of hydrogen-bond donors (Lipinski definition) is 3. The lowest BCUT2D eigenvalue weighted by Crippen LogP contribution is -2.23. The summed E-state index contributed by atoms with van der Waals surface area (Å²) in [6.45, 7) is 2.11. The number of aromatic nitrogens is 1. The highest BCUT2D eigenvalue weighted by Crippen LogP contribution is 2.15. The summed E-state index contributed by atoms with van der Waals surface area (Å²) in [5.74, 6) is -0.771. The van der Waals surface area contributed by atoms with Gasteiger partial charge in [-0.15, -0.1) is 11.3 Å². The van der Waals surface area contributed by atoms with Crippen molar-refractivity contribution in [1.29, 1.82) is 0 Å². The minimum absolute atomic E-state index is 0.191. The fourth-order valence-electron chi connectivity index (χ4n) is 1.71. The number of hydrogen-bond acceptors (Lipinski definition) is 5. The number of nitrogens with one attached hydrogen (secondary N) is 1. The Bertz CT molecular complexity index is 666. The molecular weight excluding hydrogens is 288 g/mol. The van der Waals surface area contributed by atoms with E-state index in [1.807, 2.05) is 6.92 Å². The van der Waals surface area contributed by atoms with Gasteiger partial charge in [-0.2, -0.15) is 0 Å². The van der Waals surface area contributed by atoms with Crippen LogP contribution in [-0.2, 0) is 6.54 Å². The van der Waals surface area contributed by atoms with Gasteiger partial charge in [0.05, 0.1) is 6.04 Å². The number of primary amides is 1. The van der Waals surface area contributed by atoms with E-state index in [1.165, 1.54) is 11.3 Å². The maximum absolute atomic E-state index is 12.0. The van der Waals surface area contributed by atoms with Crippen LogP contribution in [0, 0.1) is 0 Å². The third-order valence-corrected chi connectivity index (χ3v) is 3.85. The molecule has 0 bridgehead atoms. The van der Waals surface area contributed by atoms with Crippen LogP contribution >= 0.6 is 11.3 Å². The van der Waals surface area contributed by atoms with Crippen molar-refractivity contribution in [1.82, 2.24) is 10.3 Å². The van der Waals surface area contributed by atoms with Crippen LogP contribution in [0.15, 0.2) is 29.6 Å². The molecule has 110 valence electrons. The normalized spacial score (nSPS) is 11.9. The maximum Gasteiger partial charge on any atom is 0.271 e. The van der Waals surface area contributed by atoms with Gasteiger partial charge in [-0.1, -0.05) is 12.1 Å². The van der Waals surface area contributed by atoms with Crippen molar-refractivity contribution in [3.8, 4) is 0 Å². The lowest BCUT2D eigenvalue weighted by Gasteiger charge is -2.05. The Labute approximate surface area is 126 Å². The predicted octanol–water partition coefficient (Wildman–Crippen LogP) is 1.19. The second-order valence-corrected chi connectivity index (χ2v) is 5.50. The molecule has 0 fully saturated rings. The summed E-state index contributed by atoms with van der Waals surface area (Å²) in [6.07, 6.45) is 0. The van der Waals surface area contributed by atoms with Gasteiger partial charge in [-0.25, -0.2) is 4.98 Å². The van der Waals surface area contributed by atoms with Crippen LogP contribution in [-0.4, -0.2) is 16.8 Å². The van der Waals surface area contributed by atoms with Crippen LogP contribution in [0.1, 0.15) is 44.4 Å². The molecule has 0 radical (unpaired) electrons. The van der Waals surface area contributed by atoms with Crippen molar-refractivity contribution in [3.63, 3.8) is 0 Å². The molecule has 2 aromatic rings. The highest BCUT2D eigenvalue weighted by molar-refractivity contribution is 7.09. The Kier molecular flexibility index (Phi) is 4.66. The average molecular weight is 304 g/mol. The largest absolute Gasteiger partial charge is 0.366 e. The minimum atomic E-state index is -0.496. The van der Waals surface area contributed by atoms with E-state index in [4.69, 9.17) is 11.5 Å².